The average Bonchev–Trinajstić information content (AvgIpc) is 2.36. The Hall–Kier alpha value is -1.05. The van der Waals surface area contributed by atoms with E-state index in [0.717, 1.165) is 18.3 Å². The van der Waals surface area contributed by atoms with Crippen LogP contribution >= 0.6 is 24.8 Å². The normalized spacial score (nSPS) is 13.6. The van der Waals surface area contributed by atoms with E-state index in [4.69, 9.17) is 5.73 Å². The molecule has 23 heavy (non-hydrogen) atoms. The number of hydrogen-bond donors (Lipinski definition) is 2. The molecule has 1 unspecified atom stereocenters. The van der Waals surface area contributed by atoms with Crippen LogP contribution in [0.25, 0.3) is 0 Å². The van der Waals surface area contributed by atoms with Gasteiger partial charge in [-0.2, -0.15) is 13.2 Å². The van der Waals surface area contributed by atoms with Crippen LogP contribution in [0.15, 0.2) is 18.3 Å². The van der Waals surface area contributed by atoms with E-state index in [2.05, 4.69) is 10.3 Å². The van der Waals surface area contributed by atoms with Gasteiger partial charge in [0.1, 0.15) is 5.69 Å². The molecule has 1 aromatic rings. The molecule has 0 saturated carbocycles. The zero-order chi connectivity index (χ0) is 16.3. The lowest BCUT2D eigenvalue weighted by molar-refractivity contribution is -0.141. The van der Waals surface area contributed by atoms with Crippen LogP contribution in [-0.4, -0.2) is 23.0 Å². The van der Waals surface area contributed by atoms with Crippen LogP contribution in [0.1, 0.15) is 43.2 Å². The fourth-order valence-corrected chi connectivity index (χ4v) is 2.13. The second-order valence-corrected chi connectivity index (χ2v) is 5.75. The van der Waals surface area contributed by atoms with E-state index in [1.165, 1.54) is 0 Å². The van der Waals surface area contributed by atoms with Crippen molar-refractivity contribution in [3.05, 3.63) is 29.6 Å². The standard InChI is InChI=1S/C14H20F3N3O.2ClH/c1-9(2)6-13(3,8-18)20-12(21)10-4-5-11(19-7-10)14(15,16)17;;/h4-5,7,9H,6,8,18H2,1-3H3,(H,20,21);2*1H. The lowest BCUT2D eigenvalue weighted by Gasteiger charge is -2.31. The lowest BCUT2D eigenvalue weighted by atomic mass is 9.90. The number of hydrogen-bond acceptors (Lipinski definition) is 3. The summed E-state index contributed by atoms with van der Waals surface area (Å²) in [5.41, 5.74) is 4.13. The van der Waals surface area contributed by atoms with E-state index in [1.54, 1.807) is 0 Å². The molecular weight excluding hydrogens is 354 g/mol. The first-order chi connectivity index (χ1) is 9.57. The van der Waals surface area contributed by atoms with Crippen molar-refractivity contribution in [2.45, 2.75) is 38.9 Å². The van der Waals surface area contributed by atoms with Gasteiger partial charge in [0.05, 0.1) is 5.56 Å². The molecule has 0 aromatic carbocycles. The smallest absolute Gasteiger partial charge is 0.346 e. The quantitative estimate of drug-likeness (QED) is 0.827. The summed E-state index contributed by atoms with van der Waals surface area (Å²) in [6.07, 6.45) is -2.92. The summed E-state index contributed by atoms with van der Waals surface area (Å²) >= 11 is 0. The highest BCUT2D eigenvalue weighted by Crippen LogP contribution is 2.27. The Morgan fingerprint density at radius 3 is 2.22 bits per heavy atom. The summed E-state index contributed by atoms with van der Waals surface area (Å²) in [5, 5.41) is 2.76. The number of rotatable bonds is 5. The van der Waals surface area contributed by atoms with Crippen LogP contribution in [0, 0.1) is 5.92 Å². The largest absolute Gasteiger partial charge is 0.433 e. The predicted octanol–water partition coefficient (Wildman–Crippen LogP) is 3.44. The number of amides is 1. The number of alkyl halides is 3. The van der Waals surface area contributed by atoms with Gasteiger partial charge in [-0.15, -0.1) is 24.8 Å². The fraction of sp³-hybridized carbons (Fsp3) is 0.571. The number of aromatic nitrogens is 1. The summed E-state index contributed by atoms with van der Waals surface area (Å²) in [4.78, 5) is 15.3. The molecular formula is C14H22Cl2F3N3O. The van der Waals surface area contributed by atoms with Crippen molar-refractivity contribution in [1.29, 1.82) is 0 Å². The van der Waals surface area contributed by atoms with Crippen molar-refractivity contribution in [3.8, 4) is 0 Å². The van der Waals surface area contributed by atoms with Gasteiger partial charge in [-0.1, -0.05) is 13.8 Å². The van der Waals surface area contributed by atoms with Gasteiger partial charge in [0, 0.05) is 18.3 Å². The summed E-state index contributed by atoms with van der Waals surface area (Å²) in [6, 6.07) is 1.90. The molecule has 0 radical (unpaired) electrons. The van der Waals surface area contributed by atoms with Gasteiger partial charge in [-0.05, 0) is 31.4 Å². The Morgan fingerprint density at radius 1 is 1.30 bits per heavy atom. The minimum absolute atomic E-state index is 0. The van der Waals surface area contributed by atoms with E-state index in [9.17, 15) is 18.0 Å². The van der Waals surface area contributed by atoms with Crippen LogP contribution in [-0.2, 0) is 6.18 Å². The van der Waals surface area contributed by atoms with E-state index in [-0.39, 0.29) is 36.9 Å². The molecule has 0 aliphatic heterocycles. The van der Waals surface area contributed by atoms with E-state index in [1.807, 2.05) is 20.8 Å². The Labute approximate surface area is 146 Å². The minimum Gasteiger partial charge on any atom is -0.346 e. The first kappa shape index (κ1) is 24.2. The van der Waals surface area contributed by atoms with Crippen LogP contribution in [0.4, 0.5) is 13.2 Å². The molecule has 0 aliphatic carbocycles. The van der Waals surface area contributed by atoms with E-state index in [0.29, 0.717) is 12.3 Å². The monoisotopic (exact) mass is 375 g/mol. The Bertz CT molecular complexity index is 495. The number of nitrogens with one attached hydrogen (secondary N) is 1. The first-order valence-corrected chi connectivity index (χ1v) is 6.63. The number of halogens is 5. The van der Waals surface area contributed by atoms with Gasteiger partial charge in [-0.3, -0.25) is 9.78 Å². The molecule has 4 nitrogen and oxygen atoms in total. The summed E-state index contributed by atoms with van der Waals surface area (Å²) in [7, 11) is 0. The maximum absolute atomic E-state index is 12.4. The molecule has 0 aliphatic rings. The van der Waals surface area contributed by atoms with Crippen molar-refractivity contribution in [1.82, 2.24) is 10.3 Å². The number of pyridine rings is 1. The molecule has 3 N–H and O–H groups in total. The molecule has 1 amide bonds. The molecule has 1 atom stereocenters. The highest BCUT2D eigenvalue weighted by atomic mass is 35.5. The molecule has 1 rings (SSSR count). The third kappa shape index (κ3) is 7.37. The number of nitrogens with zero attached hydrogens (tertiary/aromatic N) is 1. The fourth-order valence-electron chi connectivity index (χ4n) is 2.13. The van der Waals surface area contributed by atoms with Crippen LogP contribution in [0.5, 0.6) is 0 Å². The number of nitrogens with two attached hydrogens (primary N) is 1. The second-order valence-electron chi connectivity index (χ2n) is 5.75. The van der Waals surface area contributed by atoms with Gasteiger partial charge in [0.2, 0.25) is 0 Å². The Balaban J connectivity index is 0. The predicted molar refractivity (Wildman–Crippen MR) is 88.1 cm³/mol. The zero-order valence-corrected chi connectivity index (χ0v) is 14.7. The number of carbonyl (C=O) groups excluding carboxylic acids is 1. The van der Waals surface area contributed by atoms with Gasteiger partial charge in [-0.25, -0.2) is 0 Å². The molecule has 0 saturated heterocycles. The molecule has 0 spiro atoms. The molecule has 1 heterocycles. The van der Waals surface area contributed by atoms with Gasteiger partial charge in [0.15, 0.2) is 0 Å². The Kier molecular flexibility index (Phi) is 9.78. The highest BCUT2D eigenvalue weighted by Gasteiger charge is 2.32. The van der Waals surface area contributed by atoms with E-state index >= 15 is 0 Å². The van der Waals surface area contributed by atoms with Crippen molar-refractivity contribution < 1.29 is 18.0 Å². The third-order valence-electron chi connectivity index (χ3n) is 3.04. The molecule has 0 bridgehead atoms. The molecule has 134 valence electrons. The molecule has 0 fully saturated rings. The molecule has 1 aromatic heterocycles. The van der Waals surface area contributed by atoms with Crippen molar-refractivity contribution >= 4 is 30.7 Å². The summed E-state index contributed by atoms with van der Waals surface area (Å²) in [6.45, 7) is 6.05. The second kappa shape index (κ2) is 9.30. The minimum atomic E-state index is -4.52. The summed E-state index contributed by atoms with van der Waals surface area (Å²) < 4.78 is 37.2. The maximum atomic E-state index is 12.4. The van der Waals surface area contributed by atoms with Crippen molar-refractivity contribution in [2.75, 3.05) is 6.54 Å². The molecule has 9 heteroatoms. The first-order valence-electron chi connectivity index (χ1n) is 6.63. The summed E-state index contributed by atoms with van der Waals surface area (Å²) in [5.74, 6) is -0.158. The highest BCUT2D eigenvalue weighted by molar-refractivity contribution is 5.94. The SMILES string of the molecule is CC(C)CC(C)(CN)NC(=O)c1ccc(C(F)(F)F)nc1.Cl.Cl. The Morgan fingerprint density at radius 2 is 1.87 bits per heavy atom. The average molecular weight is 376 g/mol. The van der Waals surface area contributed by atoms with Gasteiger partial charge in [0.25, 0.3) is 5.91 Å². The zero-order valence-electron chi connectivity index (χ0n) is 13.1. The topological polar surface area (TPSA) is 68.0 Å². The third-order valence-corrected chi connectivity index (χ3v) is 3.04. The van der Waals surface area contributed by atoms with Crippen molar-refractivity contribution in [2.24, 2.45) is 11.7 Å². The van der Waals surface area contributed by atoms with Crippen molar-refractivity contribution in [3.63, 3.8) is 0 Å². The van der Waals surface area contributed by atoms with E-state index < -0.39 is 23.3 Å². The van der Waals surface area contributed by atoms with Gasteiger partial charge < -0.3 is 11.1 Å². The lowest BCUT2D eigenvalue weighted by Crippen LogP contribution is -2.52. The van der Waals surface area contributed by atoms with Crippen LogP contribution in [0.3, 0.4) is 0 Å². The van der Waals surface area contributed by atoms with Crippen LogP contribution in [0.2, 0.25) is 0 Å². The number of carbonyl (C=O) groups is 1. The van der Waals surface area contributed by atoms with Crippen LogP contribution < -0.4 is 11.1 Å². The van der Waals surface area contributed by atoms with Gasteiger partial charge >= 0.3 is 6.18 Å². The maximum Gasteiger partial charge on any atom is 0.433 e.